The number of amides is 1. The standard InChI is InChI=1S/C13H26N2O2/c1-14-13(7-3-2-4-8-13)11-12(17)15-9-5-6-10-16/h14,16H,2-11H2,1H3,(H,15,17). The Labute approximate surface area is 104 Å². The first-order chi connectivity index (χ1) is 8.22. The Morgan fingerprint density at radius 2 is 1.94 bits per heavy atom. The summed E-state index contributed by atoms with van der Waals surface area (Å²) >= 11 is 0. The lowest BCUT2D eigenvalue weighted by Gasteiger charge is -2.36. The van der Waals surface area contributed by atoms with Crippen molar-refractivity contribution < 1.29 is 9.90 Å². The van der Waals surface area contributed by atoms with Crippen LogP contribution in [0.3, 0.4) is 0 Å². The molecule has 0 unspecified atom stereocenters. The first-order valence-corrected chi connectivity index (χ1v) is 6.79. The van der Waals surface area contributed by atoms with Crippen molar-refractivity contribution in [3.05, 3.63) is 0 Å². The third-order valence-corrected chi connectivity index (χ3v) is 3.75. The van der Waals surface area contributed by atoms with Gasteiger partial charge in [-0.3, -0.25) is 4.79 Å². The Bertz CT molecular complexity index is 225. The molecule has 1 rings (SSSR count). The minimum Gasteiger partial charge on any atom is -0.396 e. The highest BCUT2D eigenvalue weighted by atomic mass is 16.2. The van der Waals surface area contributed by atoms with Crippen molar-refractivity contribution in [2.24, 2.45) is 0 Å². The molecule has 1 saturated carbocycles. The van der Waals surface area contributed by atoms with E-state index in [1.54, 1.807) is 0 Å². The molecular formula is C13H26N2O2. The minimum atomic E-state index is 0.0271. The third kappa shape index (κ3) is 5.04. The van der Waals surface area contributed by atoms with E-state index >= 15 is 0 Å². The van der Waals surface area contributed by atoms with Crippen LogP contribution < -0.4 is 10.6 Å². The van der Waals surface area contributed by atoms with Crippen molar-refractivity contribution in [3.8, 4) is 0 Å². The number of hydrogen-bond acceptors (Lipinski definition) is 3. The van der Waals surface area contributed by atoms with Crippen LogP contribution in [0.15, 0.2) is 0 Å². The Balaban J connectivity index is 2.27. The van der Waals surface area contributed by atoms with Crippen LogP contribution in [0.4, 0.5) is 0 Å². The van der Waals surface area contributed by atoms with Crippen LogP contribution in [0.5, 0.6) is 0 Å². The van der Waals surface area contributed by atoms with Gasteiger partial charge in [-0.15, -0.1) is 0 Å². The Kier molecular flexibility index (Phi) is 6.52. The van der Waals surface area contributed by atoms with Crippen LogP contribution in [-0.4, -0.2) is 36.8 Å². The van der Waals surface area contributed by atoms with Gasteiger partial charge < -0.3 is 15.7 Å². The predicted octanol–water partition coefficient (Wildman–Crippen LogP) is 1.19. The molecule has 100 valence electrons. The van der Waals surface area contributed by atoms with Crippen LogP contribution in [-0.2, 0) is 4.79 Å². The van der Waals surface area contributed by atoms with E-state index in [-0.39, 0.29) is 18.1 Å². The second-order valence-electron chi connectivity index (χ2n) is 5.05. The monoisotopic (exact) mass is 242 g/mol. The number of carbonyl (C=O) groups excluding carboxylic acids is 1. The fraction of sp³-hybridized carbons (Fsp3) is 0.923. The van der Waals surface area contributed by atoms with E-state index in [1.165, 1.54) is 19.3 Å². The van der Waals surface area contributed by atoms with Gasteiger partial charge in [0, 0.05) is 25.1 Å². The van der Waals surface area contributed by atoms with Gasteiger partial charge in [0.25, 0.3) is 0 Å². The van der Waals surface area contributed by atoms with Gasteiger partial charge >= 0.3 is 0 Å². The Morgan fingerprint density at radius 3 is 2.53 bits per heavy atom. The maximum Gasteiger partial charge on any atom is 0.221 e. The molecule has 0 bridgehead atoms. The summed E-state index contributed by atoms with van der Waals surface area (Å²) < 4.78 is 0. The molecule has 1 amide bonds. The molecule has 0 atom stereocenters. The highest BCUT2D eigenvalue weighted by Gasteiger charge is 2.32. The molecule has 0 heterocycles. The highest BCUT2D eigenvalue weighted by molar-refractivity contribution is 5.77. The quantitative estimate of drug-likeness (QED) is 0.588. The van der Waals surface area contributed by atoms with E-state index in [0.717, 1.165) is 25.7 Å². The maximum atomic E-state index is 11.8. The average molecular weight is 242 g/mol. The van der Waals surface area contributed by atoms with Gasteiger partial charge in [0.2, 0.25) is 5.91 Å². The molecule has 0 radical (unpaired) electrons. The number of hydrogen-bond donors (Lipinski definition) is 3. The summed E-state index contributed by atoms with van der Waals surface area (Å²) in [5, 5.41) is 14.9. The van der Waals surface area contributed by atoms with Crippen molar-refractivity contribution in [2.45, 2.75) is 56.9 Å². The largest absolute Gasteiger partial charge is 0.396 e. The van der Waals surface area contributed by atoms with Crippen molar-refractivity contribution in [1.82, 2.24) is 10.6 Å². The Morgan fingerprint density at radius 1 is 1.24 bits per heavy atom. The molecule has 0 spiro atoms. The predicted molar refractivity (Wildman–Crippen MR) is 68.8 cm³/mol. The normalized spacial score (nSPS) is 18.9. The smallest absolute Gasteiger partial charge is 0.221 e. The fourth-order valence-electron chi connectivity index (χ4n) is 2.58. The van der Waals surface area contributed by atoms with E-state index in [9.17, 15) is 4.79 Å². The second-order valence-corrected chi connectivity index (χ2v) is 5.05. The van der Waals surface area contributed by atoms with Crippen LogP contribution in [0.2, 0.25) is 0 Å². The van der Waals surface area contributed by atoms with Crippen molar-refractivity contribution in [3.63, 3.8) is 0 Å². The molecule has 0 aromatic rings. The van der Waals surface area contributed by atoms with Gasteiger partial charge in [0.1, 0.15) is 0 Å². The van der Waals surface area contributed by atoms with Crippen molar-refractivity contribution in [2.75, 3.05) is 20.2 Å². The summed E-state index contributed by atoms with van der Waals surface area (Å²) in [6.07, 6.45) is 8.15. The average Bonchev–Trinajstić information content (AvgIpc) is 2.36. The fourth-order valence-corrected chi connectivity index (χ4v) is 2.58. The van der Waals surface area contributed by atoms with Crippen molar-refractivity contribution in [1.29, 1.82) is 0 Å². The molecule has 17 heavy (non-hydrogen) atoms. The van der Waals surface area contributed by atoms with Gasteiger partial charge in [-0.25, -0.2) is 0 Å². The molecule has 0 aliphatic heterocycles. The molecule has 0 aromatic heterocycles. The highest BCUT2D eigenvalue weighted by Crippen LogP contribution is 2.30. The van der Waals surface area contributed by atoms with Gasteiger partial charge in [-0.1, -0.05) is 19.3 Å². The molecule has 0 saturated heterocycles. The number of nitrogens with one attached hydrogen (secondary N) is 2. The summed E-state index contributed by atoms with van der Waals surface area (Å²) in [5.74, 6) is 0.138. The lowest BCUT2D eigenvalue weighted by atomic mass is 9.79. The SMILES string of the molecule is CNC1(CC(=O)NCCCCO)CCCCC1. The zero-order valence-corrected chi connectivity index (χ0v) is 10.9. The summed E-state index contributed by atoms with van der Waals surface area (Å²) in [7, 11) is 1.96. The van der Waals surface area contributed by atoms with Gasteiger partial charge in [0.05, 0.1) is 0 Å². The number of rotatable bonds is 7. The zero-order valence-electron chi connectivity index (χ0n) is 10.9. The number of aliphatic hydroxyl groups is 1. The lowest BCUT2D eigenvalue weighted by molar-refractivity contribution is -0.122. The first kappa shape index (κ1) is 14.5. The first-order valence-electron chi connectivity index (χ1n) is 6.79. The molecule has 3 N–H and O–H groups in total. The molecule has 4 heteroatoms. The van der Waals surface area contributed by atoms with E-state index in [1.807, 2.05) is 7.05 Å². The van der Waals surface area contributed by atoms with E-state index in [4.69, 9.17) is 5.11 Å². The van der Waals surface area contributed by atoms with E-state index in [2.05, 4.69) is 10.6 Å². The summed E-state index contributed by atoms with van der Waals surface area (Å²) in [6, 6.07) is 0. The van der Waals surface area contributed by atoms with Crippen LogP contribution in [0.1, 0.15) is 51.4 Å². The summed E-state index contributed by atoms with van der Waals surface area (Å²) in [4.78, 5) is 11.8. The molecular weight excluding hydrogens is 216 g/mol. The Hall–Kier alpha value is -0.610. The lowest BCUT2D eigenvalue weighted by Crippen LogP contribution is -2.48. The molecule has 4 nitrogen and oxygen atoms in total. The molecule has 0 aromatic carbocycles. The maximum absolute atomic E-state index is 11.8. The van der Waals surface area contributed by atoms with E-state index in [0.29, 0.717) is 13.0 Å². The van der Waals surface area contributed by atoms with E-state index < -0.39 is 0 Å². The van der Waals surface area contributed by atoms with Crippen LogP contribution in [0.25, 0.3) is 0 Å². The van der Waals surface area contributed by atoms with Gasteiger partial charge in [0.15, 0.2) is 0 Å². The summed E-state index contributed by atoms with van der Waals surface area (Å²) in [5.41, 5.74) is 0.0271. The summed E-state index contributed by atoms with van der Waals surface area (Å²) in [6.45, 7) is 0.884. The minimum absolute atomic E-state index is 0.0271. The molecule has 1 aliphatic rings. The van der Waals surface area contributed by atoms with Gasteiger partial charge in [-0.2, -0.15) is 0 Å². The van der Waals surface area contributed by atoms with Gasteiger partial charge in [-0.05, 0) is 32.7 Å². The van der Waals surface area contributed by atoms with Crippen molar-refractivity contribution >= 4 is 5.91 Å². The number of unbranched alkanes of at least 4 members (excludes halogenated alkanes) is 1. The molecule has 1 fully saturated rings. The third-order valence-electron chi connectivity index (χ3n) is 3.75. The van der Waals surface area contributed by atoms with Crippen LogP contribution in [0, 0.1) is 0 Å². The second kappa shape index (κ2) is 7.67. The zero-order chi connectivity index (χ0) is 12.6. The van der Waals surface area contributed by atoms with Crippen LogP contribution >= 0.6 is 0 Å². The number of carbonyl (C=O) groups is 1. The molecule has 1 aliphatic carbocycles. The number of aliphatic hydroxyl groups excluding tert-OH is 1. The topological polar surface area (TPSA) is 61.4 Å².